The van der Waals surface area contributed by atoms with Gasteiger partial charge in [-0.25, -0.2) is 15.0 Å². The molecule has 0 atom stereocenters. The van der Waals surface area contributed by atoms with Crippen LogP contribution in [0.2, 0.25) is 0 Å². The summed E-state index contributed by atoms with van der Waals surface area (Å²) in [5, 5.41) is 1.95. The van der Waals surface area contributed by atoms with Crippen LogP contribution in [0.25, 0.3) is 120 Å². The monoisotopic (exact) mass is 792 g/mol. The summed E-state index contributed by atoms with van der Waals surface area (Å²) in [6, 6.07) is 44.1. The van der Waals surface area contributed by atoms with Gasteiger partial charge in [-0.3, -0.25) is 0 Å². The van der Waals surface area contributed by atoms with E-state index in [0.29, 0.717) is 28.6 Å². The van der Waals surface area contributed by atoms with Crippen molar-refractivity contribution in [1.82, 2.24) is 15.0 Å². The Morgan fingerprint density at radius 2 is 1.00 bits per heavy atom. The lowest BCUT2D eigenvalue weighted by Crippen LogP contribution is -2.00. The second kappa shape index (κ2) is 14.0. The zero-order valence-electron chi connectivity index (χ0n) is 40.5. The molecule has 0 bridgehead atoms. The summed E-state index contributed by atoms with van der Waals surface area (Å²) in [5.41, 5.74) is 6.79. The fourth-order valence-corrected chi connectivity index (χ4v) is 9.18. The molecule has 3 aromatic heterocycles. The normalized spacial score (nSPS) is 13.8. The number of benzene rings is 9. The Bertz CT molecular complexity index is 4140. The Morgan fingerprint density at radius 3 is 1.78 bits per heavy atom. The van der Waals surface area contributed by atoms with E-state index in [1.165, 1.54) is 5.39 Å². The lowest BCUT2D eigenvalue weighted by Gasteiger charge is -2.11. The number of thiophene rings is 1. The van der Waals surface area contributed by atoms with Crippen LogP contribution >= 0.6 is 11.3 Å². The van der Waals surface area contributed by atoms with Crippen molar-refractivity contribution in [3.8, 4) is 67.5 Å². The first-order valence-electron chi connectivity index (χ1n) is 23.9. The van der Waals surface area contributed by atoms with Crippen molar-refractivity contribution in [2.24, 2.45) is 0 Å². The predicted molar refractivity (Wildman–Crippen MR) is 250 cm³/mol. The van der Waals surface area contributed by atoms with Gasteiger partial charge in [0.05, 0.1) is 12.3 Å². The van der Waals surface area contributed by atoms with Crippen LogP contribution in [0.15, 0.2) is 204 Å². The van der Waals surface area contributed by atoms with Gasteiger partial charge in [0.2, 0.25) is 0 Å². The predicted octanol–water partition coefficient (Wildman–Crippen LogP) is 15.3. The first-order chi connectivity index (χ1) is 33.5. The number of rotatable bonds is 6. The number of nitrogens with zero attached hydrogens (tertiary/aromatic N) is 3. The quantitative estimate of drug-likeness (QED) is 0.168. The minimum atomic E-state index is -0.553. The van der Waals surface area contributed by atoms with Crippen LogP contribution in [0.1, 0.15) is 12.3 Å². The first kappa shape index (κ1) is 26.3. The second-order valence-electron chi connectivity index (χ2n) is 14.5. The molecule has 0 aliphatic heterocycles. The van der Waals surface area contributed by atoms with Crippen LogP contribution in [0.5, 0.6) is 0 Å². The minimum absolute atomic E-state index is 0.00485. The van der Waals surface area contributed by atoms with Crippen LogP contribution in [0, 0.1) is 0 Å². The maximum absolute atomic E-state index is 9.24. The van der Waals surface area contributed by atoms with Crippen molar-refractivity contribution in [3.63, 3.8) is 0 Å². The molecule has 0 fully saturated rings. The third-order valence-electron chi connectivity index (χ3n) is 10.9. The molecule has 0 saturated heterocycles. The van der Waals surface area contributed by atoms with Gasteiger partial charge in [-0.05, 0) is 63.5 Å². The van der Waals surface area contributed by atoms with Gasteiger partial charge >= 0.3 is 0 Å². The van der Waals surface area contributed by atoms with Gasteiger partial charge < -0.3 is 4.42 Å². The van der Waals surface area contributed by atoms with Gasteiger partial charge in [0.15, 0.2) is 17.5 Å². The molecule has 12 aromatic rings. The largest absolute Gasteiger partial charge is 0.455 e. The van der Waals surface area contributed by atoms with Gasteiger partial charge in [0.1, 0.15) is 11.2 Å². The number of hydrogen-bond donors (Lipinski definition) is 0. The van der Waals surface area contributed by atoms with Gasteiger partial charge in [0, 0.05) is 58.6 Å². The van der Waals surface area contributed by atoms with E-state index in [1.54, 1.807) is 29.5 Å². The SMILES string of the molecule is [2H]c1c([2H])c([2H])c2c(oc3c4c([2H])c([2H])c([2H])c([2H])c4c([2H])c([2H])c32)c1-c1cccc(-c2nc(-c3cccc(-c4ccccc4)c3)nc(-c3ccc4c(c3)sc3cccc(-c5ccccc5)c34)n2)c1. The van der Waals surface area contributed by atoms with Crippen LogP contribution in [-0.2, 0) is 0 Å². The molecule has 0 amide bonds. The van der Waals surface area contributed by atoms with E-state index in [-0.39, 0.29) is 44.3 Å². The Labute approximate surface area is 362 Å². The number of hydrogen-bond acceptors (Lipinski definition) is 5. The maximum Gasteiger partial charge on any atom is 0.164 e. The number of furan rings is 1. The molecule has 60 heavy (non-hydrogen) atoms. The van der Waals surface area contributed by atoms with Crippen LogP contribution in [0.4, 0.5) is 0 Å². The van der Waals surface area contributed by atoms with Gasteiger partial charge in [-0.2, -0.15) is 0 Å². The highest BCUT2D eigenvalue weighted by atomic mass is 32.1. The fourth-order valence-electron chi connectivity index (χ4n) is 8.01. The molecular formula is C55H33N3OS. The van der Waals surface area contributed by atoms with Crippen LogP contribution in [-0.4, -0.2) is 15.0 Å². The third kappa shape index (κ3) is 5.78. The van der Waals surface area contributed by atoms with E-state index in [4.69, 9.17) is 30.3 Å². The highest BCUT2D eigenvalue weighted by Crippen LogP contribution is 2.42. The van der Waals surface area contributed by atoms with Crippen molar-refractivity contribution in [1.29, 1.82) is 0 Å². The zero-order valence-corrected chi connectivity index (χ0v) is 32.3. The first-order valence-corrected chi connectivity index (χ1v) is 20.2. The van der Waals surface area contributed by atoms with Crippen molar-refractivity contribution in [2.45, 2.75) is 0 Å². The molecule has 280 valence electrons. The molecule has 3 heterocycles. The molecule has 0 spiro atoms. The van der Waals surface area contributed by atoms with Crippen molar-refractivity contribution >= 4 is 64.2 Å². The molecular weight excluding hydrogens is 751 g/mol. The van der Waals surface area contributed by atoms with E-state index in [9.17, 15) is 1.37 Å². The minimum Gasteiger partial charge on any atom is -0.455 e. The Kier molecular flexibility index (Phi) is 6.13. The van der Waals surface area contributed by atoms with Crippen molar-refractivity contribution < 1.29 is 16.8 Å². The van der Waals surface area contributed by atoms with Crippen molar-refractivity contribution in [2.75, 3.05) is 0 Å². The van der Waals surface area contributed by atoms with Gasteiger partial charge in [-0.15, -0.1) is 11.3 Å². The molecule has 12 rings (SSSR count). The molecule has 0 saturated carbocycles. The third-order valence-corrected chi connectivity index (χ3v) is 12.0. The summed E-state index contributed by atoms with van der Waals surface area (Å²) < 4.78 is 88.0. The molecule has 0 N–H and O–H groups in total. The summed E-state index contributed by atoms with van der Waals surface area (Å²) in [5.74, 6) is 1.20. The smallest absolute Gasteiger partial charge is 0.164 e. The topological polar surface area (TPSA) is 51.8 Å². The van der Waals surface area contributed by atoms with Gasteiger partial charge in [-0.1, -0.05) is 170 Å². The zero-order chi connectivity index (χ0) is 47.4. The molecule has 5 heteroatoms. The summed E-state index contributed by atoms with van der Waals surface area (Å²) in [4.78, 5) is 15.3. The van der Waals surface area contributed by atoms with E-state index >= 15 is 0 Å². The number of para-hydroxylation sites is 1. The average molecular weight is 793 g/mol. The van der Waals surface area contributed by atoms with Crippen LogP contribution in [0.3, 0.4) is 0 Å². The summed E-state index contributed by atoms with van der Waals surface area (Å²) in [6.45, 7) is 0. The van der Waals surface area contributed by atoms with Crippen molar-refractivity contribution in [3.05, 3.63) is 200 Å². The standard InChI is InChI=1S/C55H33N3OS/c1-3-13-34(14-4-1)37-18-9-20-39(31-37)53-56-54(58-55(57-53)41-28-30-47-49(33-41)60-48-26-12-23-42(50(47)48)35-15-5-2-6-16-35)40-21-10-19-38(32-40)44-24-11-25-45-46-29-27-36-17-7-8-22-43(36)51(46)59-52(44)45/h1-33H/i7D,8D,11D,17D,22D,24D,25D,27D,29D. The Morgan fingerprint density at radius 1 is 0.383 bits per heavy atom. The number of fused-ring (bicyclic) bond motifs is 8. The fraction of sp³-hybridized carbons (Fsp3) is 0. The molecule has 0 radical (unpaired) electrons. The molecule has 0 aliphatic carbocycles. The summed E-state index contributed by atoms with van der Waals surface area (Å²) in [7, 11) is 0. The highest BCUT2D eigenvalue weighted by molar-refractivity contribution is 7.26. The summed E-state index contributed by atoms with van der Waals surface area (Å²) >= 11 is 1.70. The Balaban J connectivity index is 1.06. The van der Waals surface area contributed by atoms with Crippen LogP contribution < -0.4 is 0 Å². The molecule has 0 unspecified atom stereocenters. The summed E-state index contributed by atoms with van der Waals surface area (Å²) in [6.07, 6.45) is 0. The molecule has 4 nitrogen and oxygen atoms in total. The maximum atomic E-state index is 9.24. The van der Waals surface area contributed by atoms with E-state index in [2.05, 4.69) is 42.5 Å². The lowest BCUT2D eigenvalue weighted by molar-refractivity contribution is 0.674. The second-order valence-corrected chi connectivity index (χ2v) is 15.5. The van der Waals surface area contributed by atoms with Gasteiger partial charge in [0.25, 0.3) is 0 Å². The molecule has 9 aromatic carbocycles. The van der Waals surface area contributed by atoms with E-state index < -0.39 is 48.3 Å². The Hall–Kier alpha value is -7.73. The lowest BCUT2D eigenvalue weighted by atomic mass is 9.99. The van der Waals surface area contributed by atoms with E-state index in [0.717, 1.165) is 48.2 Å². The highest BCUT2D eigenvalue weighted by Gasteiger charge is 2.18. The number of aromatic nitrogens is 3. The van der Waals surface area contributed by atoms with E-state index in [1.807, 2.05) is 84.9 Å². The molecule has 0 aliphatic rings. The average Bonchev–Trinajstić information content (AvgIpc) is 3.97.